The van der Waals surface area contributed by atoms with Crippen LogP contribution in [0.4, 0.5) is 27.6 Å². The highest BCUT2D eigenvalue weighted by Gasteiger charge is 2.40. The van der Waals surface area contributed by atoms with E-state index >= 15 is 8.78 Å². The van der Waals surface area contributed by atoms with Crippen LogP contribution in [-0.2, 0) is 32.7 Å². The number of benzene rings is 2. The van der Waals surface area contributed by atoms with Crippen molar-refractivity contribution in [2.24, 2.45) is 13.0 Å². The van der Waals surface area contributed by atoms with Gasteiger partial charge in [0.15, 0.2) is 17.5 Å². The second-order valence-corrected chi connectivity index (χ2v) is 14.4. The molecule has 0 saturated carbocycles. The standard InChI is InChI=1S/C33H36ClF2N7O4.C3H3F3O2.C3H9N/c1-19-26(17-39-43(19)13-14-47-4)23-7-8-25(30(36)29(23)35)28-18-37-31(41(28)3)33(46)40-22-5-6-24(27(34)15-22)32(45)38-16-21-9-11-42(12-10-21)20(2)44;1-8-2(7)3(4,5)6;1-4(2)3/h5-8,15,17-18,21H,9-14,16H2,1-4H3,(H,38,45)(H,40,46);1H3;1-3H3/p+1. The molecule has 0 atom stereocenters. The van der Waals surface area contributed by atoms with Crippen molar-refractivity contribution < 1.29 is 55.5 Å². The molecule has 1 aliphatic heterocycles. The van der Waals surface area contributed by atoms with Gasteiger partial charge >= 0.3 is 12.1 Å². The van der Waals surface area contributed by atoms with Crippen molar-refractivity contribution in [1.82, 2.24) is 29.5 Å². The first-order valence-electron chi connectivity index (χ1n) is 18.3. The second kappa shape index (κ2) is 21.6. The average molecular weight is 856 g/mol. The van der Waals surface area contributed by atoms with Gasteiger partial charge in [-0.1, -0.05) is 17.7 Å². The highest BCUT2D eigenvalue weighted by molar-refractivity contribution is 6.34. The minimum atomic E-state index is -4.85. The summed E-state index contributed by atoms with van der Waals surface area (Å²) in [6.07, 6.45) is -0.452. The summed E-state index contributed by atoms with van der Waals surface area (Å²) in [5, 5.41) is 9.99. The molecule has 5 rings (SSSR count). The third-order valence-corrected chi connectivity index (χ3v) is 9.26. The molecule has 3 amide bonds. The monoisotopic (exact) mass is 855 g/mol. The zero-order chi connectivity index (χ0) is 44.2. The first-order valence-corrected chi connectivity index (χ1v) is 18.7. The number of ether oxygens (including phenoxy) is 2. The highest BCUT2D eigenvalue weighted by atomic mass is 35.5. The number of nitrogens with one attached hydrogen (secondary N) is 3. The van der Waals surface area contributed by atoms with Crippen molar-refractivity contribution in [3.05, 3.63) is 76.5 Å². The van der Waals surface area contributed by atoms with E-state index in [1.807, 2.05) is 0 Å². The van der Waals surface area contributed by atoms with Gasteiger partial charge in [-0.25, -0.2) is 18.6 Å². The zero-order valence-electron chi connectivity index (χ0n) is 34.0. The van der Waals surface area contributed by atoms with Gasteiger partial charge in [-0.3, -0.25) is 19.1 Å². The average Bonchev–Trinajstić information content (AvgIpc) is 3.74. The van der Waals surface area contributed by atoms with Gasteiger partial charge in [0.05, 0.1) is 70.1 Å². The van der Waals surface area contributed by atoms with E-state index in [0.29, 0.717) is 56.8 Å². The van der Waals surface area contributed by atoms with E-state index in [1.54, 1.807) is 36.6 Å². The summed E-state index contributed by atoms with van der Waals surface area (Å²) in [6.45, 7) is 6.03. The van der Waals surface area contributed by atoms with E-state index in [0.717, 1.165) is 12.8 Å². The van der Waals surface area contributed by atoms with Crippen molar-refractivity contribution in [1.29, 1.82) is 0 Å². The Bertz CT molecular complexity index is 2090. The number of hydrogen-bond acceptors (Lipinski definition) is 8. The number of carbonyl (C=O) groups is 4. The van der Waals surface area contributed by atoms with Gasteiger partial charge in [-0.2, -0.15) is 18.3 Å². The second-order valence-electron chi connectivity index (χ2n) is 14.0. The van der Waals surface area contributed by atoms with Crippen LogP contribution in [0.5, 0.6) is 0 Å². The molecule has 0 unspecified atom stereocenters. The number of carbonyl (C=O) groups excluding carboxylic acids is 4. The van der Waals surface area contributed by atoms with E-state index in [-0.39, 0.29) is 51.0 Å². The summed E-state index contributed by atoms with van der Waals surface area (Å²) < 4.78 is 75.2. The maximum Gasteiger partial charge on any atom is 0.490 e. The lowest BCUT2D eigenvalue weighted by molar-refractivity contribution is -0.836. The molecule has 322 valence electrons. The molecule has 1 fully saturated rings. The van der Waals surface area contributed by atoms with Crippen LogP contribution in [0.3, 0.4) is 0 Å². The lowest BCUT2D eigenvalue weighted by Gasteiger charge is -2.31. The highest BCUT2D eigenvalue weighted by Crippen LogP contribution is 2.33. The largest absolute Gasteiger partial charge is 0.490 e. The minimum Gasteiger partial charge on any atom is -0.462 e. The van der Waals surface area contributed by atoms with E-state index in [4.69, 9.17) is 16.3 Å². The number of amides is 3. The molecular formula is C39H49ClF5N8O6+. The molecular weight excluding hydrogens is 807 g/mol. The molecule has 1 aliphatic rings. The van der Waals surface area contributed by atoms with Gasteiger partial charge in [-0.05, 0) is 49.9 Å². The first kappa shape index (κ1) is 48.0. The number of piperidine rings is 1. The van der Waals surface area contributed by atoms with Crippen molar-refractivity contribution in [2.45, 2.75) is 39.4 Å². The van der Waals surface area contributed by atoms with Crippen LogP contribution >= 0.6 is 11.6 Å². The number of quaternary nitrogens is 1. The summed E-state index contributed by atoms with van der Waals surface area (Å²) in [4.78, 5) is 54.3. The maximum absolute atomic E-state index is 15.4. The van der Waals surface area contributed by atoms with Gasteiger partial charge in [0, 0.05) is 68.8 Å². The van der Waals surface area contributed by atoms with E-state index in [9.17, 15) is 32.3 Å². The molecule has 2 aromatic heterocycles. The van der Waals surface area contributed by atoms with Crippen LogP contribution < -0.4 is 15.5 Å². The van der Waals surface area contributed by atoms with E-state index in [1.165, 1.54) is 53.2 Å². The van der Waals surface area contributed by atoms with Gasteiger partial charge < -0.3 is 34.5 Å². The van der Waals surface area contributed by atoms with Gasteiger partial charge in [-0.15, -0.1) is 0 Å². The molecule has 59 heavy (non-hydrogen) atoms. The van der Waals surface area contributed by atoms with Crippen LogP contribution in [0, 0.1) is 24.5 Å². The fraction of sp³-hybridized carbons (Fsp3) is 0.436. The van der Waals surface area contributed by atoms with Crippen LogP contribution in [-0.4, -0.2) is 116 Å². The molecule has 1 saturated heterocycles. The van der Waals surface area contributed by atoms with Crippen molar-refractivity contribution in [3.63, 3.8) is 0 Å². The lowest BCUT2D eigenvalue weighted by atomic mass is 9.96. The maximum atomic E-state index is 15.4. The van der Waals surface area contributed by atoms with Crippen molar-refractivity contribution in [2.75, 3.05) is 66.9 Å². The predicted octanol–water partition coefficient (Wildman–Crippen LogP) is 4.56. The minimum absolute atomic E-state index is 0.0482. The van der Waals surface area contributed by atoms with Crippen LogP contribution in [0.2, 0.25) is 5.02 Å². The number of imidazole rings is 1. The molecule has 0 radical (unpaired) electrons. The molecule has 3 N–H and O–H groups in total. The predicted molar refractivity (Wildman–Crippen MR) is 210 cm³/mol. The number of aromatic nitrogens is 4. The Morgan fingerprint density at radius 3 is 2.10 bits per heavy atom. The molecule has 0 aliphatic carbocycles. The lowest BCUT2D eigenvalue weighted by Crippen LogP contribution is -3.02. The fourth-order valence-electron chi connectivity index (χ4n) is 5.80. The van der Waals surface area contributed by atoms with Crippen LogP contribution in [0.25, 0.3) is 22.4 Å². The van der Waals surface area contributed by atoms with Crippen molar-refractivity contribution >= 4 is 41.0 Å². The number of likely N-dealkylation sites (tertiary alicyclic amines) is 1. The molecule has 0 spiro atoms. The number of halogens is 6. The third-order valence-electron chi connectivity index (χ3n) is 8.95. The quantitative estimate of drug-likeness (QED) is 0.155. The number of methoxy groups -OCH3 is 2. The van der Waals surface area contributed by atoms with E-state index in [2.05, 4.69) is 46.6 Å². The number of alkyl halides is 3. The smallest absolute Gasteiger partial charge is 0.462 e. The molecule has 3 heterocycles. The van der Waals surface area contributed by atoms with Gasteiger partial charge in [0.2, 0.25) is 5.91 Å². The topological polar surface area (TPSA) is 154 Å². The van der Waals surface area contributed by atoms with Gasteiger partial charge in [0.1, 0.15) is 0 Å². The number of rotatable bonds is 10. The summed E-state index contributed by atoms with van der Waals surface area (Å²) >= 11 is 6.40. The molecule has 14 nitrogen and oxygen atoms in total. The Labute approximate surface area is 343 Å². The van der Waals surface area contributed by atoms with Crippen LogP contribution in [0.15, 0.2) is 42.7 Å². The summed E-state index contributed by atoms with van der Waals surface area (Å²) in [5.41, 5.74) is 1.91. The fourth-order valence-corrected chi connectivity index (χ4v) is 6.07. The molecule has 4 aromatic rings. The number of nitrogens with zero attached hydrogens (tertiary/aromatic N) is 5. The summed E-state index contributed by atoms with van der Waals surface area (Å²) in [7, 11) is 10.0. The Morgan fingerprint density at radius 2 is 1.56 bits per heavy atom. The Kier molecular flexibility index (Phi) is 17.5. The summed E-state index contributed by atoms with van der Waals surface area (Å²) in [6, 6.07) is 7.43. The van der Waals surface area contributed by atoms with Crippen molar-refractivity contribution in [3.8, 4) is 22.4 Å². The Hall–Kier alpha value is -5.40. The zero-order valence-corrected chi connectivity index (χ0v) is 34.8. The SMILES string of the molecule is COC(=O)C(F)(F)F.COCCn1ncc(-c2ccc(-c3cnc(C(=O)Nc4ccc(C(=O)NCC5CCN(C(C)=O)CC5)c(Cl)c4)n3C)c(F)c2F)c1C.C[NH+](C)C. The molecule has 2 aromatic carbocycles. The van der Waals surface area contributed by atoms with E-state index < -0.39 is 29.7 Å². The molecule has 0 bridgehead atoms. The normalized spacial score (nSPS) is 12.9. The summed E-state index contributed by atoms with van der Waals surface area (Å²) in [5.74, 6) is -4.97. The first-order chi connectivity index (χ1) is 27.7. The Balaban J connectivity index is 0.000000677. The number of hydrogen-bond donors (Lipinski definition) is 3. The van der Waals surface area contributed by atoms with Gasteiger partial charge in [0.25, 0.3) is 11.8 Å². The molecule has 20 heteroatoms. The number of esters is 1. The number of anilines is 1. The van der Waals surface area contributed by atoms with Crippen LogP contribution in [0.1, 0.15) is 46.4 Å². The Morgan fingerprint density at radius 1 is 0.949 bits per heavy atom. The third kappa shape index (κ3) is 13.0.